The van der Waals surface area contributed by atoms with Crippen molar-refractivity contribution in [2.45, 2.75) is 97.8 Å². The maximum atomic E-state index is 2.48. The molecule has 0 heteroatoms. The fourth-order valence-electron chi connectivity index (χ4n) is 2.93. The summed E-state index contributed by atoms with van der Waals surface area (Å²) in [5, 5.41) is 0. The van der Waals surface area contributed by atoms with Crippen LogP contribution in [0.25, 0.3) is 0 Å². The lowest BCUT2D eigenvalue weighted by Gasteiger charge is -2.12. The average molecular weight is 289 g/mol. The van der Waals surface area contributed by atoms with E-state index in [-0.39, 0.29) is 0 Å². The fraction of sp³-hybridized carbons (Fsp3) is 0.714. The maximum absolute atomic E-state index is 2.48. The van der Waals surface area contributed by atoms with E-state index in [2.05, 4.69) is 45.9 Å². The molecule has 0 unspecified atom stereocenters. The van der Waals surface area contributed by atoms with Crippen LogP contribution in [0.2, 0.25) is 0 Å². The Morgan fingerprint density at radius 2 is 1.14 bits per heavy atom. The molecule has 0 radical (unpaired) electrons. The van der Waals surface area contributed by atoms with E-state index in [9.17, 15) is 0 Å². The van der Waals surface area contributed by atoms with Crippen molar-refractivity contribution >= 4 is 0 Å². The molecule has 0 fully saturated rings. The number of rotatable bonds is 11. The van der Waals surface area contributed by atoms with E-state index >= 15 is 0 Å². The van der Waals surface area contributed by atoms with Gasteiger partial charge in [0.05, 0.1) is 0 Å². The maximum Gasteiger partial charge on any atom is -0.0219 e. The van der Waals surface area contributed by atoms with Crippen molar-refractivity contribution in [2.75, 3.05) is 0 Å². The van der Waals surface area contributed by atoms with Crippen LogP contribution in [0.3, 0.4) is 0 Å². The van der Waals surface area contributed by atoms with Crippen molar-refractivity contribution in [1.82, 2.24) is 0 Å². The fourth-order valence-corrected chi connectivity index (χ4v) is 2.93. The zero-order valence-electron chi connectivity index (χ0n) is 14.9. The molecule has 0 saturated carbocycles. The number of benzene rings is 1. The van der Waals surface area contributed by atoms with Crippen molar-refractivity contribution < 1.29 is 0 Å². The first-order valence-corrected chi connectivity index (χ1v) is 9.30. The standard InChI is InChI=1S/C21H36/c1-5-7-9-11-13-19-15-20(14-12-10-8-6-2)17-21(16-19)18(3)4/h15-18H,5-14H2,1-4H3. The molecule has 1 rings (SSSR count). The zero-order chi connectivity index (χ0) is 15.5. The highest BCUT2D eigenvalue weighted by Crippen LogP contribution is 2.21. The van der Waals surface area contributed by atoms with Crippen LogP contribution in [-0.4, -0.2) is 0 Å². The van der Waals surface area contributed by atoms with Crippen LogP contribution in [-0.2, 0) is 12.8 Å². The number of hydrogen-bond acceptors (Lipinski definition) is 0. The third-order valence-electron chi connectivity index (χ3n) is 4.38. The Balaban J connectivity index is 2.61. The van der Waals surface area contributed by atoms with Crippen molar-refractivity contribution in [3.05, 3.63) is 34.9 Å². The molecule has 0 atom stereocenters. The van der Waals surface area contributed by atoms with E-state index in [1.165, 1.54) is 69.8 Å². The van der Waals surface area contributed by atoms with Crippen LogP contribution < -0.4 is 0 Å². The first-order chi connectivity index (χ1) is 10.2. The van der Waals surface area contributed by atoms with Gasteiger partial charge in [-0.05, 0) is 48.3 Å². The average Bonchev–Trinajstić information content (AvgIpc) is 2.48. The molecule has 21 heavy (non-hydrogen) atoms. The molecule has 1 aromatic rings. The molecule has 0 saturated heterocycles. The molecule has 0 N–H and O–H groups in total. The molecule has 1 aromatic carbocycles. The first kappa shape index (κ1) is 18.3. The van der Waals surface area contributed by atoms with E-state index in [0.29, 0.717) is 5.92 Å². The summed E-state index contributed by atoms with van der Waals surface area (Å²) in [5.41, 5.74) is 4.68. The summed E-state index contributed by atoms with van der Waals surface area (Å²) in [5.74, 6) is 0.648. The highest BCUT2D eigenvalue weighted by molar-refractivity contribution is 5.32. The molecule has 0 aliphatic carbocycles. The summed E-state index contributed by atoms with van der Waals surface area (Å²) in [7, 11) is 0. The summed E-state index contributed by atoms with van der Waals surface area (Å²) in [6.07, 6.45) is 13.4. The number of aryl methyl sites for hydroxylation is 2. The predicted octanol–water partition coefficient (Wildman–Crippen LogP) is 7.06. The lowest BCUT2D eigenvalue weighted by Crippen LogP contribution is -1.96. The Kier molecular flexibility index (Phi) is 9.46. The highest BCUT2D eigenvalue weighted by atomic mass is 14.1. The molecule has 0 heterocycles. The van der Waals surface area contributed by atoms with Gasteiger partial charge >= 0.3 is 0 Å². The molecule has 0 bridgehead atoms. The van der Waals surface area contributed by atoms with Crippen LogP contribution in [0.5, 0.6) is 0 Å². The van der Waals surface area contributed by atoms with Gasteiger partial charge in [-0.15, -0.1) is 0 Å². The Labute approximate surface area is 133 Å². The predicted molar refractivity (Wildman–Crippen MR) is 96.2 cm³/mol. The van der Waals surface area contributed by atoms with Crippen LogP contribution in [0.4, 0.5) is 0 Å². The molecule has 0 aliphatic heterocycles. The minimum absolute atomic E-state index is 0.648. The van der Waals surface area contributed by atoms with Gasteiger partial charge in [0.25, 0.3) is 0 Å². The molecule has 0 amide bonds. The quantitative estimate of drug-likeness (QED) is 0.382. The second-order valence-electron chi connectivity index (χ2n) is 6.86. The molecular weight excluding hydrogens is 252 g/mol. The van der Waals surface area contributed by atoms with Gasteiger partial charge in [-0.3, -0.25) is 0 Å². The third-order valence-corrected chi connectivity index (χ3v) is 4.38. The van der Waals surface area contributed by atoms with Gasteiger partial charge in [-0.2, -0.15) is 0 Å². The van der Waals surface area contributed by atoms with Gasteiger partial charge in [-0.1, -0.05) is 84.4 Å². The van der Waals surface area contributed by atoms with Crippen LogP contribution in [0, 0.1) is 0 Å². The smallest absolute Gasteiger partial charge is 0.0219 e. The normalized spacial score (nSPS) is 11.3. The van der Waals surface area contributed by atoms with E-state index < -0.39 is 0 Å². The van der Waals surface area contributed by atoms with E-state index in [4.69, 9.17) is 0 Å². The van der Waals surface area contributed by atoms with Crippen LogP contribution >= 0.6 is 0 Å². The number of hydrogen-bond donors (Lipinski definition) is 0. The minimum atomic E-state index is 0.648. The van der Waals surface area contributed by atoms with Crippen molar-refractivity contribution in [2.24, 2.45) is 0 Å². The van der Waals surface area contributed by atoms with Gasteiger partial charge in [0.1, 0.15) is 0 Å². The van der Waals surface area contributed by atoms with Gasteiger partial charge in [-0.25, -0.2) is 0 Å². The Morgan fingerprint density at radius 3 is 1.52 bits per heavy atom. The van der Waals surface area contributed by atoms with E-state index in [0.717, 1.165) is 0 Å². The minimum Gasteiger partial charge on any atom is -0.0654 e. The summed E-state index contributed by atoms with van der Waals surface area (Å²) in [6.45, 7) is 9.20. The summed E-state index contributed by atoms with van der Waals surface area (Å²) < 4.78 is 0. The van der Waals surface area contributed by atoms with Gasteiger partial charge in [0.15, 0.2) is 0 Å². The van der Waals surface area contributed by atoms with Gasteiger partial charge < -0.3 is 0 Å². The Hall–Kier alpha value is -0.780. The van der Waals surface area contributed by atoms with Crippen molar-refractivity contribution in [1.29, 1.82) is 0 Å². The van der Waals surface area contributed by atoms with Gasteiger partial charge in [0, 0.05) is 0 Å². The van der Waals surface area contributed by atoms with Crippen molar-refractivity contribution in [3.8, 4) is 0 Å². The molecule has 0 spiro atoms. The SMILES string of the molecule is CCCCCCc1cc(CCCCCC)cc(C(C)C)c1. The van der Waals surface area contributed by atoms with Crippen LogP contribution in [0.1, 0.15) is 102 Å². The molecular formula is C21H36. The zero-order valence-corrected chi connectivity index (χ0v) is 14.9. The largest absolute Gasteiger partial charge is 0.0654 e. The third kappa shape index (κ3) is 7.69. The topological polar surface area (TPSA) is 0 Å². The summed E-state index contributed by atoms with van der Waals surface area (Å²) >= 11 is 0. The first-order valence-electron chi connectivity index (χ1n) is 9.30. The van der Waals surface area contributed by atoms with E-state index in [1.54, 1.807) is 11.1 Å². The summed E-state index contributed by atoms with van der Waals surface area (Å²) in [4.78, 5) is 0. The summed E-state index contributed by atoms with van der Waals surface area (Å²) in [6, 6.07) is 7.38. The monoisotopic (exact) mass is 288 g/mol. The van der Waals surface area contributed by atoms with Gasteiger partial charge in [0.2, 0.25) is 0 Å². The second kappa shape index (κ2) is 10.9. The number of unbranched alkanes of at least 4 members (excludes halogenated alkanes) is 6. The lowest BCUT2D eigenvalue weighted by atomic mass is 9.93. The van der Waals surface area contributed by atoms with E-state index in [1.807, 2.05) is 0 Å². The highest BCUT2D eigenvalue weighted by Gasteiger charge is 2.05. The molecule has 0 aromatic heterocycles. The molecule has 0 aliphatic rings. The molecule has 120 valence electrons. The Bertz CT molecular complexity index is 345. The van der Waals surface area contributed by atoms with Crippen LogP contribution in [0.15, 0.2) is 18.2 Å². The van der Waals surface area contributed by atoms with Crippen molar-refractivity contribution in [3.63, 3.8) is 0 Å². The molecule has 0 nitrogen and oxygen atoms in total. The Morgan fingerprint density at radius 1 is 0.667 bits per heavy atom. The lowest BCUT2D eigenvalue weighted by molar-refractivity contribution is 0.660. The second-order valence-corrected chi connectivity index (χ2v) is 6.86.